The Bertz CT molecular complexity index is 533. The summed E-state index contributed by atoms with van der Waals surface area (Å²) in [5.74, 6) is -0.429. The molecule has 1 aromatic rings. The van der Waals surface area contributed by atoms with Gasteiger partial charge in [-0.05, 0) is 20.0 Å². The quantitative estimate of drug-likeness (QED) is 0.551. The number of carboxylic acid groups (broad SMARTS) is 1. The molecule has 2 N–H and O–H groups in total. The van der Waals surface area contributed by atoms with E-state index in [9.17, 15) is 14.9 Å². The van der Waals surface area contributed by atoms with Gasteiger partial charge in [0.15, 0.2) is 11.5 Å². The number of hydrogen-bond donors (Lipinski definition) is 2. The second kappa shape index (κ2) is 6.89. The molecule has 8 heteroatoms. The summed E-state index contributed by atoms with van der Waals surface area (Å²) in [7, 11) is 2.93. The number of benzene rings is 1. The molecule has 8 nitrogen and oxygen atoms in total. The molecule has 0 saturated carbocycles. The molecule has 0 aromatic heterocycles. The number of ether oxygens (including phenoxy) is 2. The Morgan fingerprint density at radius 2 is 2.14 bits per heavy atom. The summed E-state index contributed by atoms with van der Waals surface area (Å²) in [5.41, 5.74) is -1.21. The van der Waals surface area contributed by atoms with E-state index in [-0.39, 0.29) is 24.5 Å². The number of hydrogen-bond acceptors (Lipinski definition) is 6. The number of carbonyl (C=O) groups is 1. The van der Waals surface area contributed by atoms with E-state index in [1.54, 1.807) is 14.0 Å². The zero-order chi connectivity index (χ0) is 16.0. The van der Waals surface area contributed by atoms with Crippen molar-refractivity contribution in [2.45, 2.75) is 18.9 Å². The van der Waals surface area contributed by atoms with Crippen molar-refractivity contribution in [3.63, 3.8) is 0 Å². The Hall–Kier alpha value is -2.35. The van der Waals surface area contributed by atoms with Gasteiger partial charge < -0.3 is 19.9 Å². The van der Waals surface area contributed by atoms with Crippen LogP contribution in [0.1, 0.15) is 13.3 Å². The van der Waals surface area contributed by atoms with E-state index in [1.807, 2.05) is 0 Å². The van der Waals surface area contributed by atoms with Gasteiger partial charge in [-0.15, -0.1) is 0 Å². The number of non-ortho nitro benzene ring substituents is 1. The summed E-state index contributed by atoms with van der Waals surface area (Å²) < 4.78 is 10.5. The van der Waals surface area contributed by atoms with Crippen molar-refractivity contribution in [2.75, 3.05) is 20.8 Å². The van der Waals surface area contributed by atoms with Crippen LogP contribution < -0.4 is 14.8 Å². The number of nitrogens with zero attached hydrogens (tertiary/aromatic N) is 1. The van der Waals surface area contributed by atoms with Crippen molar-refractivity contribution in [2.24, 2.45) is 0 Å². The van der Waals surface area contributed by atoms with Gasteiger partial charge in [0, 0.05) is 12.5 Å². The standard InChI is InChI=1S/C13H18N2O6/c1-13(14-2,12(16)17)6-7-21-10-5-4-9(15(18)19)8-11(10)20-3/h4-5,8,14H,6-7H2,1-3H3,(H,16,17). The van der Waals surface area contributed by atoms with Gasteiger partial charge in [-0.25, -0.2) is 0 Å². The monoisotopic (exact) mass is 298 g/mol. The van der Waals surface area contributed by atoms with E-state index in [2.05, 4.69) is 5.32 Å². The third kappa shape index (κ3) is 4.06. The van der Waals surface area contributed by atoms with E-state index in [0.717, 1.165) is 0 Å². The number of nitro benzene ring substituents is 1. The average molecular weight is 298 g/mol. The maximum absolute atomic E-state index is 11.1. The van der Waals surface area contributed by atoms with Crippen LogP contribution in [0.5, 0.6) is 11.5 Å². The zero-order valence-corrected chi connectivity index (χ0v) is 12.1. The van der Waals surface area contributed by atoms with Gasteiger partial charge in [-0.3, -0.25) is 14.9 Å². The number of nitro groups is 1. The Morgan fingerprint density at radius 1 is 1.48 bits per heavy atom. The highest BCUT2D eigenvalue weighted by Crippen LogP contribution is 2.31. The van der Waals surface area contributed by atoms with Gasteiger partial charge in [0.25, 0.3) is 5.69 Å². The molecule has 0 aliphatic carbocycles. The fourth-order valence-electron chi connectivity index (χ4n) is 1.59. The van der Waals surface area contributed by atoms with Crippen molar-refractivity contribution >= 4 is 11.7 Å². The predicted molar refractivity (Wildman–Crippen MR) is 74.9 cm³/mol. The van der Waals surface area contributed by atoms with Crippen LogP contribution in [0.15, 0.2) is 18.2 Å². The van der Waals surface area contributed by atoms with Crippen LogP contribution in [0.3, 0.4) is 0 Å². The fraction of sp³-hybridized carbons (Fsp3) is 0.462. The largest absolute Gasteiger partial charge is 0.493 e. The lowest BCUT2D eigenvalue weighted by Gasteiger charge is -2.24. The summed E-state index contributed by atoms with van der Waals surface area (Å²) in [6, 6.07) is 3.98. The van der Waals surface area contributed by atoms with Crippen molar-refractivity contribution in [1.82, 2.24) is 5.32 Å². The third-order valence-electron chi connectivity index (χ3n) is 3.24. The van der Waals surface area contributed by atoms with Crippen molar-refractivity contribution in [1.29, 1.82) is 0 Å². The SMILES string of the molecule is CNC(C)(CCOc1ccc([N+](=O)[O-])cc1OC)C(=O)O. The minimum atomic E-state index is -1.10. The Balaban J connectivity index is 2.76. The van der Waals surface area contributed by atoms with Gasteiger partial charge in [-0.2, -0.15) is 0 Å². The molecule has 0 saturated heterocycles. The van der Waals surface area contributed by atoms with E-state index < -0.39 is 16.4 Å². The normalized spacial score (nSPS) is 13.3. The van der Waals surface area contributed by atoms with Crippen LogP contribution >= 0.6 is 0 Å². The molecule has 116 valence electrons. The Kier molecular flexibility index (Phi) is 5.48. The number of aliphatic carboxylic acids is 1. The summed E-state index contributed by atoms with van der Waals surface area (Å²) >= 11 is 0. The highest BCUT2D eigenvalue weighted by molar-refractivity contribution is 5.78. The lowest BCUT2D eigenvalue weighted by atomic mass is 9.99. The van der Waals surface area contributed by atoms with Crippen molar-refractivity contribution in [3.8, 4) is 11.5 Å². The van der Waals surface area contributed by atoms with E-state index in [4.69, 9.17) is 14.6 Å². The van der Waals surface area contributed by atoms with Crippen molar-refractivity contribution in [3.05, 3.63) is 28.3 Å². The number of nitrogens with one attached hydrogen (secondary N) is 1. The van der Waals surface area contributed by atoms with Crippen LogP contribution in [0.4, 0.5) is 5.69 Å². The average Bonchev–Trinajstić information content (AvgIpc) is 2.46. The summed E-state index contributed by atoms with van der Waals surface area (Å²) in [5, 5.41) is 22.5. The minimum absolute atomic E-state index is 0.107. The topological polar surface area (TPSA) is 111 Å². The van der Waals surface area contributed by atoms with Gasteiger partial charge in [0.1, 0.15) is 5.54 Å². The fourth-order valence-corrected chi connectivity index (χ4v) is 1.59. The number of rotatable bonds is 8. The van der Waals surface area contributed by atoms with Crippen LogP contribution in [0, 0.1) is 10.1 Å². The smallest absolute Gasteiger partial charge is 0.323 e. The van der Waals surface area contributed by atoms with Crippen LogP contribution in [-0.2, 0) is 4.79 Å². The molecule has 0 spiro atoms. The van der Waals surface area contributed by atoms with Crippen LogP contribution in [0.2, 0.25) is 0 Å². The second-order valence-corrected chi connectivity index (χ2v) is 4.58. The Labute approximate surface area is 121 Å². The molecule has 1 aromatic carbocycles. The van der Waals surface area contributed by atoms with Gasteiger partial charge in [-0.1, -0.05) is 0 Å². The summed E-state index contributed by atoms with van der Waals surface area (Å²) in [6.45, 7) is 1.67. The third-order valence-corrected chi connectivity index (χ3v) is 3.24. The molecule has 1 rings (SSSR count). The molecular formula is C13H18N2O6. The molecular weight excluding hydrogens is 280 g/mol. The van der Waals surface area contributed by atoms with Gasteiger partial charge in [0.2, 0.25) is 0 Å². The molecule has 0 aliphatic rings. The van der Waals surface area contributed by atoms with Crippen LogP contribution in [0.25, 0.3) is 0 Å². The molecule has 0 heterocycles. The Morgan fingerprint density at radius 3 is 2.62 bits per heavy atom. The van der Waals surface area contributed by atoms with E-state index in [1.165, 1.54) is 25.3 Å². The number of carboxylic acids is 1. The maximum Gasteiger partial charge on any atom is 0.323 e. The zero-order valence-electron chi connectivity index (χ0n) is 12.1. The minimum Gasteiger partial charge on any atom is -0.493 e. The molecule has 0 bridgehead atoms. The van der Waals surface area contributed by atoms with Crippen LogP contribution in [-0.4, -0.2) is 42.3 Å². The first kappa shape index (κ1) is 16.7. The highest BCUT2D eigenvalue weighted by atomic mass is 16.6. The molecule has 21 heavy (non-hydrogen) atoms. The van der Waals surface area contributed by atoms with Gasteiger partial charge in [0.05, 0.1) is 24.7 Å². The first-order chi connectivity index (χ1) is 9.84. The number of methoxy groups -OCH3 is 1. The molecule has 1 atom stereocenters. The number of likely N-dealkylation sites (N-methyl/N-ethyl adjacent to an activating group) is 1. The maximum atomic E-state index is 11.1. The molecule has 0 amide bonds. The first-order valence-corrected chi connectivity index (χ1v) is 6.21. The molecule has 0 fully saturated rings. The van der Waals surface area contributed by atoms with E-state index in [0.29, 0.717) is 5.75 Å². The molecule has 1 unspecified atom stereocenters. The summed E-state index contributed by atoms with van der Waals surface area (Å²) in [4.78, 5) is 21.3. The predicted octanol–water partition coefficient (Wildman–Crippen LogP) is 1.43. The second-order valence-electron chi connectivity index (χ2n) is 4.58. The highest BCUT2D eigenvalue weighted by Gasteiger charge is 2.31. The molecule has 0 radical (unpaired) electrons. The first-order valence-electron chi connectivity index (χ1n) is 6.21. The lowest BCUT2D eigenvalue weighted by Crippen LogP contribution is -2.48. The molecule has 0 aliphatic heterocycles. The summed E-state index contributed by atoms with van der Waals surface area (Å²) in [6.07, 6.45) is 0.221. The lowest BCUT2D eigenvalue weighted by molar-refractivity contribution is -0.385. The van der Waals surface area contributed by atoms with Crippen molar-refractivity contribution < 1.29 is 24.3 Å². The van der Waals surface area contributed by atoms with Gasteiger partial charge >= 0.3 is 5.97 Å². The van der Waals surface area contributed by atoms with E-state index >= 15 is 0 Å².